The van der Waals surface area contributed by atoms with Crippen LogP contribution in [-0.4, -0.2) is 6.04 Å². The molecule has 3 atom stereocenters. The molecule has 3 rings (SSSR count). The maximum atomic E-state index is 9.94. The van der Waals surface area contributed by atoms with Crippen molar-refractivity contribution < 1.29 is 0 Å². The lowest BCUT2D eigenvalue weighted by Gasteiger charge is -2.36. The Balaban J connectivity index is 1.98. The van der Waals surface area contributed by atoms with Crippen LogP contribution in [0.4, 0.5) is 0 Å². The molecule has 3 aromatic rings. The number of halogens is 1. The van der Waals surface area contributed by atoms with E-state index in [4.69, 9.17) is 11.6 Å². The van der Waals surface area contributed by atoms with Crippen LogP contribution in [0.5, 0.6) is 0 Å². The van der Waals surface area contributed by atoms with Crippen molar-refractivity contribution in [3.8, 4) is 12.1 Å². The topological polar surface area (TPSA) is 59.6 Å². The van der Waals surface area contributed by atoms with Crippen molar-refractivity contribution >= 4 is 11.6 Å². The lowest BCUT2D eigenvalue weighted by Crippen LogP contribution is -2.42. The van der Waals surface area contributed by atoms with E-state index in [2.05, 4.69) is 61.6 Å². The van der Waals surface area contributed by atoms with Gasteiger partial charge in [0.15, 0.2) is 0 Å². The molecule has 0 aromatic heterocycles. The fourth-order valence-electron chi connectivity index (χ4n) is 4.22. The average Bonchev–Trinajstić information content (AvgIpc) is 2.82. The fraction of sp³-hybridized carbons (Fsp3) is 0.310. The van der Waals surface area contributed by atoms with Gasteiger partial charge in [-0.25, -0.2) is 0 Å². The first-order valence-corrected chi connectivity index (χ1v) is 11.6. The van der Waals surface area contributed by atoms with Crippen molar-refractivity contribution in [2.24, 2.45) is 5.41 Å². The van der Waals surface area contributed by atoms with Crippen molar-refractivity contribution in [3.05, 3.63) is 106 Å². The van der Waals surface area contributed by atoms with Crippen LogP contribution in [0, 0.1) is 35.0 Å². The second-order valence-electron chi connectivity index (χ2n) is 9.31. The van der Waals surface area contributed by atoms with E-state index in [0.717, 1.165) is 17.5 Å². The first-order chi connectivity index (χ1) is 15.7. The van der Waals surface area contributed by atoms with E-state index in [1.807, 2.05) is 56.3 Å². The molecule has 0 spiro atoms. The Kier molecular flexibility index (Phi) is 7.93. The Bertz CT molecular complexity index is 1150. The normalized spacial score (nSPS) is 14.0. The monoisotopic (exact) mass is 455 g/mol. The maximum Gasteiger partial charge on any atom is 0.0991 e. The number of nitriles is 2. The highest BCUT2D eigenvalue weighted by molar-refractivity contribution is 6.30. The van der Waals surface area contributed by atoms with Gasteiger partial charge in [0.1, 0.15) is 0 Å². The second kappa shape index (κ2) is 10.7. The molecule has 0 radical (unpaired) electrons. The van der Waals surface area contributed by atoms with E-state index >= 15 is 0 Å². The molecule has 0 aliphatic heterocycles. The number of aryl methyl sites for hydroxylation is 1. The number of benzene rings is 3. The van der Waals surface area contributed by atoms with Crippen molar-refractivity contribution in [1.82, 2.24) is 5.32 Å². The summed E-state index contributed by atoms with van der Waals surface area (Å²) in [5, 5.41) is 23.9. The zero-order valence-corrected chi connectivity index (χ0v) is 20.4. The van der Waals surface area contributed by atoms with Crippen molar-refractivity contribution in [2.45, 2.75) is 52.1 Å². The molecule has 4 heteroatoms. The summed E-state index contributed by atoms with van der Waals surface area (Å²) in [4.78, 5) is 0. The van der Waals surface area contributed by atoms with Gasteiger partial charge in [-0.15, -0.1) is 0 Å². The fourth-order valence-corrected chi connectivity index (χ4v) is 4.35. The molecule has 33 heavy (non-hydrogen) atoms. The van der Waals surface area contributed by atoms with Gasteiger partial charge in [0.2, 0.25) is 0 Å². The summed E-state index contributed by atoms with van der Waals surface area (Å²) in [6.07, 6.45) is 0.786. The molecule has 168 valence electrons. The highest BCUT2D eigenvalue weighted by Crippen LogP contribution is 2.36. The quantitative estimate of drug-likeness (QED) is 0.393. The molecule has 3 nitrogen and oxygen atoms in total. The average molecular weight is 456 g/mol. The van der Waals surface area contributed by atoms with Crippen LogP contribution in [0.1, 0.15) is 60.5 Å². The molecule has 0 heterocycles. The van der Waals surface area contributed by atoms with Crippen LogP contribution in [-0.2, 0) is 6.42 Å². The number of hydrogen-bond donors (Lipinski definition) is 1. The summed E-state index contributed by atoms with van der Waals surface area (Å²) in [5.74, 6) is 0.0990. The summed E-state index contributed by atoms with van der Waals surface area (Å²) in [6.45, 7) is 8.17. The minimum absolute atomic E-state index is 0.0357. The second-order valence-corrected chi connectivity index (χ2v) is 9.74. The van der Waals surface area contributed by atoms with E-state index in [9.17, 15) is 10.5 Å². The van der Waals surface area contributed by atoms with Crippen LogP contribution in [0.15, 0.2) is 72.8 Å². The summed E-state index contributed by atoms with van der Waals surface area (Å²) in [6, 6.07) is 28.7. The van der Waals surface area contributed by atoms with Crippen LogP contribution < -0.4 is 5.32 Å². The molecule has 0 bridgehead atoms. The SMILES string of the molecule is Cc1ccc([C@H](NC(C)C(Cc2ccc(Cl)cc2)c2cccc(C#N)c2)C(C)(C)C#N)cc1. The van der Waals surface area contributed by atoms with Crippen LogP contribution >= 0.6 is 11.6 Å². The number of rotatable bonds is 8. The largest absolute Gasteiger partial charge is 0.305 e. The minimum atomic E-state index is -0.608. The Labute approximate surface area is 202 Å². The van der Waals surface area contributed by atoms with E-state index in [0.29, 0.717) is 10.6 Å². The van der Waals surface area contributed by atoms with E-state index < -0.39 is 5.41 Å². The Morgan fingerprint density at radius 2 is 1.61 bits per heavy atom. The molecule has 0 aliphatic rings. The van der Waals surface area contributed by atoms with E-state index in [-0.39, 0.29) is 18.0 Å². The molecule has 0 saturated heterocycles. The van der Waals surface area contributed by atoms with Gasteiger partial charge in [-0.1, -0.05) is 65.7 Å². The molecule has 0 amide bonds. The van der Waals surface area contributed by atoms with Gasteiger partial charge in [0, 0.05) is 17.0 Å². The van der Waals surface area contributed by atoms with Gasteiger partial charge in [-0.3, -0.25) is 0 Å². The molecule has 1 N–H and O–H groups in total. The lowest BCUT2D eigenvalue weighted by molar-refractivity contribution is 0.281. The summed E-state index contributed by atoms with van der Waals surface area (Å²) < 4.78 is 0. The van der Waals surface area contributed by atoms with E-state index in [1.54, 1.807) is 0 Å². The first kappa shape index (κ1) is 24.5. The van der Waals surface area contributed by atoms with Gasteiger partial charge in [0.05, 0.1) is 29.2 Å². The highest BCUT2D eigenvalue weighted by Gasteiger charge is 2.34. The predicted octanol–water partition coefficient (Wildman–Crippen LogP) is 7.12. The number of nitrogens with zero attached hydrogens (tertiary/aromatic N) is 2. The third-order valence-corrected chi connectivity index (χ3v) is 6.52. The van der Waals surface area contributed by atoms with Crippen molar-refractivity contribution in [1.29, 1.82) is 10.5 Å². The number of nitrogens with one attached hydrogen (secondary N) is 1. The Hall–Kier alpha value is -3.11. The van der Waals surface area contributed by atoms with Gasteiger partial charge in [0.25, 0.3) is 0 Å². The summed E-state index contributed by atoms with van der Waals surface area (Å²) >= 11 is 6.10. The summed E-state index contributed by atoms with van der Waals surface area (Å²) in [7, 11) is 0. The van der Waals surface area contributed by atoms with Crippen LogP contribution in [0.3, 0.4) is 0 Å². The smallest absolute Gasteiger partial charge is 0.0991 e. The van der Waals surface area contributed by atoms with Crippen LogP contribution in [0.2, 0.25) is 5.02 Å². The zero-order valence-electron chi connectivity index (χ0n) is 19.6. The molecule has 0 fully saturated rings. The minimum Gasteiger partial charge on any atom is -0.305 e. The van der Waals surface area contributed by atoms with Gasteiger partial charge >= 0.3 is 0 Å². The van der Waals surface area contributed by atoms with Gasteiger partial charge in [-0.05, 0) is 75.1 Å². The van der Waals surface area contributed by atoms with Gasteiger partial charge < -0.3 is 5.32 Å². The molecule has 0 saturated carbocycles. The molecular formula is C29H30ClN3. The number of hydrogen-bond acceptors (Lipinski definition) is 3. The predicted molar refractivity (Wildman–Crippen MR) is 135 cm³/mol. The van der Waals surface area contributed by atoms with Gasteiger partial charge in [-0.2, -0.15) is 10.5 Å². The third kappa shape index (κ3) is 6.23. The molecule has 0 aliphatic carbocycles. The van der Waals surface area contributed by atoms with Crippen molar-refractivity contribution in [2.75, 3.05) is 0 Å². The standard InChI is InChI=1S/C29H30ClN3/c1-20-8-12-24(13-9-20)28(29(3,4)19-32)33-21(2)27(17-22-10-14-26(30)15-11-22)25-7-5-6-23(16-25)18-31/h5-16,21,27-28,33H,17H2,1-4H3/t21?,27?,28-/m0/s1. The first-order valence-electron chi connectivity index (χ1n) is 11.2. The van der Waals surface area contributed by atoms with E-state index in [1.165, 1.54) is 11.1 Å². The molecule has 2 unspecified atom stereocenters. The molecular weight excluding hydrogens is 426 g/mol. The van der Waals surface area contributed by atoms with Crippen LogP contribution in [0.25, 0.3) is 0 Å². The van der Waals surface area contributed by atoms with Crippen molar-refractivity contribution in [3.63, 3.8) is 0 Å². The summed E-state index contributed by atoms with van der Waals surface area (Å²) in [5.41, 5.74) is 4.59. The Morgan fingerprint density at radius 3 is 2.21 bits per heavy atom. The molecule has 3 aromatic carbocycles. The third-order valence-electron chi connectivity index (χ3n) is 6.27. The lowest BCUT2D eigenvalue weighted by atomic mass is 9.79. The Morgan fingerprint density at radius 1 is 0.939 bits per heavy atom. The highest BCUT2D eigenvalue weighted by atomic mass is 35.5. The maximum absolute atomic E-state index is 9.94. The zero-order chi connectivity index (χ0) is 24.0.